The maximum absolute atomic E-state index is 9.36. The van der Waals surface area contributed by atoms with E-state index in [1.165, 1.54) is 44.9 Å². The smallest absolute Gasteiger partial charge is 0.0462 e. The molecule has 3 atom stereocenters. The van der Waals surface area contributed by atoms with Crippen LogP contribution in [-0.4, -0.2) is 24.3 Å². The molecule has 0 aliphatic heterocycles. The van der Waals surface area contributed by atoms with E-state index in [2.05, 4.69) is 17.5 Å². The van der Waals surface area contributed by atoms with Crippen molar-refractivity contribution in [2.45, 2.75) is 51.0 Å². The molecule has 2 heteroatoms. The number of rotatable bonds is 4. The van der Waals surface area contributed by atoms with E-state index in [4.69, 9.17) is 0 Å². The summed E-state index contributed by atoms with van der Waals surface area (Å²) in [4.78, 5) is 0. The number of nitrogens with one attached hydrogen (secondary N) is 1. The Balaban J connectivity index is 1.74. The van der Waals surface area contributed by atoms with Gasteiger partial charge >= 0.3 is 0 Å². The van der Waals surface area contributed by atoms with Crippen molar-refractivity contribution in [3.63, 3.8) is 0 Å². The van der Waals surface area contributed by atoms with Crippen molar-refractivity contribution in [3.8, 4) is 0 Å². The van der Waals surface area contributed by atoms with Crippen molar-refractivity contribution in [2.24, 2.45) is 11.8 Å². The molecule has 2 aliphatic carbocycles. The Kier molecular flexibility index (Phi) is 4.86. The van der Waals surface area contributed by atoms with Crippen LogP contribution in [0.1, 0.15) is 44.9 Å². The number of hydrogen-bond acceptors (Lipinski definition) is 2. The average molecular weight is 223 g/mol. The minimum absolute atomic E-state index is 0.382. The van der Waals surface area contributed by atoms with Gasteiger partial charge in [-0.15, -0.1) is 0 Å². The highest BCUT2D eigenvalue weighted by atomic mass is 16.3. The van der Waals surface area contributed by atoms with Crippen LogP contribution >= 0.6 is 0 Å². The first-order valence-electron chi connectivity index (χ1n) is 6.91. The summed E-state index contributed by atoms with van der Waals surface area (Å²) >= 11 is 0. The van der Waals surface area contributed by atoms with Crippen molar-refractivity contribution < 1.29 is 5.11 Å². The molecular formula is C14H25NO. The molecule has 1 fully saturated rings. The summed E-state index contributed by atoms with van der Waals surface area (Å²) in [7, 11) is 0. The van der Waals surface area contributed by atoms with Crippen LogP contribution in [0.25, 0.3) is 0 Å². The number of aliphatic hydroxyl groups excluding tert-OH is 1. The first-order valence-corrected chi connectivity index (χ1v) is 6.91. The van der Waals surface area contributed by atoms with Gasteiger partial charge in [0.2, 0.25) is 0 Å². The van der Waals surface area contributed by atoms with E-state index in [0.717, 1.165) is 6.54 Å². The van der Waals surface area contributed by atoms with Gasteiger partial charge in [0.1, 0.15) is 0 Å². The fourth-order valence-electron chi connectivity index (χ4n) is 3.08. The monoisotopic (exact) mass is 223 g/mol. The molecule has 0 spiro atoms. The van der Waals surface area contributed by atoms with Crippen molar-refractivity contribution in [1.29, 1.82) is 0 Å². The Morgan fingerprint density at radius 1 is 1.06 bits per heavy atom. The summed E-state index contributed by atoms with van der Waals surface area (Å²) in [6.07, 6.45) is 13.7. The number of aliphatic hydroxyl groups is 1. The maximum Gasteiger partial charge on any atom is 0.0462 e. The highest BCUT2D eigenvalue weighted by Gasteiger charge is 2.24. The average Bonchev–Trinajstić information content (AvgIpc) is 2.38. The van der Waals surface area contributed by atoms with Crippen molar-refractivity contribution in [2.75, 3.05) is 13.2 Å². The fraction of sp³-hybridized carbons (Fsp3) is 0.857. The van der Waals surface area contributed by atoms with Crippen LogP contribution in [0.4, 0.5) is 0 Å². The third kappa shape index (κ3) is 3.33. The second-order valence-corrected chi connectivity index (χ2v) is 5.36. The third-order valence-corrected chi connectivity index (χ3v) is 4.20. The van der Waals surface area contributed by atoms with Crippen LogP contribution < -0.4 is 5.32 Å². The highest BCUT2D eigenvalue weighted by Crippen LogP contribution is 2.29. The van der Waals surface area contributed by atoms with Crippen LogP contribution in [0.15, 0.2) is 12.2 Å². The van der Waals surface area contributed by atoms with E-state index < -0.39 is 0 Å². The Hall–Kier alpha value is -0.340. The molecule has 2 rings (SSSR count). The van der Waals surface area contributed by atoms with Crippen molar-refractivity contribution >= 4 is 0 Å². The normalized spacial score (nSPS) is 35.2. The molecule has 3 unspecified atom stereocenters. The molecule has 0 bridgehead atoms. The van der Waals surface area contributed by atoms with Gasteiger partial charge in [-0.3, -0.25) is 0 Å². The summed E-state index contributed by atoms with van der Waals surface area (Å²) in [5.41, 5.74) is 0. The van der Waals surface area contributed by atoms with E-state index in [9.17, 15) is 5.11 Å². The molecule has 0 aromatic heterocycles. The minimum atomic E-state index is 0.382. The Bertz CT molecular complexity index is 227. The quantitative estimate of drug-likeness (QED) is 0.718. The Morgan fingerprint density at radius 3 is 2.56 bits per heavy atom. The molecular weight excluding hydrogens is 198 g/mol. The van der Waals surface area contributed by atoms with Crippen LogP contribution in [0.3, 0.4) is 0 Å². The van der Waals surface area contributed by atoms with Gasteiger partial charge in [0.25, 0.3) is 0 Å². The summed E-state index contributed by atoms with van der Waals surface area (Å²) in [5.74, 6) is 1.25. The summed E-state index contributed by atoms with van der Waals surface area (Å²) in [6, 6.07) is 0.593. The predicted octanol–water partition coefficient (Wildman–Crippen LogP) is 2.48. The van der Waals surface area contributed by atoms with Crippen molar-refractivity contribution in [3.05, 3.63) is 12.2 Å². The molecule has 1 saturated carbocycles. The molecule has 92 valence electrons. The zero-order chi connectivity index (χ0) is 11.2. The summed E-state index contributed by atoms with van der Waals surface area (Å²) in [5, 5.41) is 13.0. The second kappa shape index (κ2) is 6.41. The lowest BCUT2D eigenvalue weighted by Crippen LogP contribution is -2.37. The van der Waals surface area contributed by atoms with Crippen LogP contribution in [-0.2, 0) is 0 Å². The number of hydrogen-bond donors (Lipinski definition) is 2. The standard InChI is InChI=1S/C14H25NO/c16-11-13-7-5-4-6-12(13)10-15-14-8-2-1-3-9-14/h2,8,12-16H,1,3-7,9-11H2. The lowest BCUT2D eigenvalue weighted by atomic mass is 9.79. The van der Waals surface area contributed by atoms with Gasteiger partial charge in [-0.1, -0.05) is 25.0 Å². The van der Waals surface area contributed by atoms with E-state index in [0.29, 0.717) is 24.5 Å². The fourth-order valence-corrected chi connectivity index (χ4v) is 3.08. The van der Waals surface area contributed by atoms with Gasteiger partial charge in [0, 0.05) is 12.6 Å². The van der Waals surface area contributed by atoms with E-state index >= 15 is 0 Å². The largest absolute Gasteiger partial charge is 0.396 e. The molecule has 2 aliphatic rings. The van der Waals surface area contributed by atoms with E-state index in [-0.39, 0.29) is 0 Å². The van der Waals surface area contributed by atoms with Gasteiger partial charge in [0.05, 0.1) is 0 Å². The molecule has 0 aromatic carbocycles. The van der Waals surface area contributed by atoms with Crippen LogP contribution in [0.2, 0.25) is 0 Å². The van der Waals surface area contributed by atoms with Crippen LogP contribution in [0.5, 0.6) is 0 Å². The van der Waals surface area contributed by atoms with Gasteiger partial charge in [-0.2, -0.15) is 0 Å². The SMILES string of the molecule is OCC1CCCCC1CNC1C=CCCC1. The molecule has 16 heavy (non-hydrogen) atoms. The topological polar surface area (TPSA) is 32.3 Å². The summed E-state index contributed by atoms with van der Waals surface area (Å²) in [6.45, 7) is 1.48. The molecule has 0 radical (unpaired) electrons. The van der Waals surface area contributed by atoms with Crippen LogP contribution in [0, 0.1) is 11.8 Å². The van der Waals surface area contributed by atoms with E-state index in [1.807, 2.05) is 0 Å². The molecule has 0 aromatic rings. The lowest BCUT2D eigenvalue weighted by molar-refractivity contribution is 0.131. The molecule has 0 amide bonds. The second-order valence-electron chi connectivity index (χ2n) is 5.36. The van der Waals surface area contributed by atoms with Crippen molar-refractivity contribution in [1.82, 2.24) is 5.32 Å². The predicted molar refractivity (Wildman–Crippen MR) is 67.3 cm³/mol. The summed E-state index contributed by atoms with van der Waals surface area (Å²) < 4.78 is 0. The van der Waals surface area contributed by atoms with E-state index in [1.54, 1.807) is 0 Å². The molecule has 2 N–H and O–H groups in total. The zero-order valence-electron chi connectivity index (χ0n) is 10.2. The highest BCUT2D eigenvalue weighted by molar-refractivity contribution is 4.97. The zero-order valence-corrected chi connectivity index (χ0v) is 10.2. The number of allylic oxidation sites excluding steroid dienone is 1. The minimum Gasteiger partial charge on any atom is -0.396 e. The third-order valence-electron chi connectivity index (χ3n) is 4.20. The first kappa shape index (κ1) is 12.1. The Labute approximate surface area is 99.1 Å². The van der Waals surface area contributed by atoms with Gasteiger partial charge in [-0.05, 0) is 50.5 Å². The molecule has 0 saturated heterocycles. The van der Waals surface area contributed by atoms with Gasteiger partial charge in [0.15, 0.2) is 0 Å². The molecule has 0 heterocycles. The Morgan fingerprint density at radius 2 is 1.88 bits per heavy atom. The van der Waals surface area contributed by atoms with Gasteiger partial charge < -0.3 is 10.4 Å². The lowest BCUT2D eigenvalue weighted by Gasteiger charge is -2.31. The maximum atomic E-state index is 9.36. The first-order chi connectivity index (χ1) is 7.90. The molecule has 2 nitrogen and oxygen atoms in total. The van der Waals surface area contributed by atoms with Gasteiger partial charge in [-0.25, -0.2) is 0 Å².